The highest BCUT2D eigenvalue weighted by atomic mass is 16.7. The molecule has 0 fully saturated rings. The summed E-state index contributed by atoms with van der Waals surface area (Å²) in [6.45, 7) is 3.04. The van der Waals surface area contributed by atoms with E-state index in [-0.39, 0.29) is 0 Å². The van der Waals surface area contributed by atoms with Crippen molar-refractivity contribution in [3.8, 4) is 0 Å². The third-order valence-corrected chi connectivity index (χ3v) is 1.82. The summed E-state index contributed by atoms with van der Waals surface area (Å²) in [6.07, 6.45) is 0.376. The van der Waals surface area contributed by atoms with Crippen LogP contribution >= 0.6 is 0 Å². The Morgan fingerprint density at radius 2 is 2.31 bits per heavy atom. The third-order valence-electron chi connectivity index (χ3n) is 1.82. The van der Waals surface area contributed by atoms with E-state index in [9.17, 15) is 0 Å². The van der Waals surface area contributed by atoms with Crippen LogP contribution in [0.4, 0.5) is 5.69 Å². The van der Waals surface area contributed by atoms with Gasteiger partial charge >= 0.3 is 6.08 Å². The van der Waals surface area contributed by atoms with Gasteiger partial charge in [0.25, 0.3) is 0 Å². The molecule has 0 unspecified atom stereocenters. The van der Waals surface area contributed by atoms with Crippen molar-refractivity contribution in [3.63, 3.8) is 0 Å². The van der Waals surface area contributed by atoms with E-state index in [2.05, 4.69) is 4.99 Å². The number of hydrogen-bond donors (Lipinski definition) is 0. The summed E-state index contributed by atoms with van der Waals surface area (Å²) in [6, 6.07) is 7.89. The van der Waals surface area contributed by atoms with E-state index in [1.54, 1.807) is 0 Å². The SMILES string of the molecule is CCOC1=Nc2ccccc2CO1. The molecule has 0 aromatic heterocycles. The standard InChI is InChI=1S/C10H11NO2/c1-2-12-10-11-9-6-4-3-5-8(9)7-13-10/h3-6H,2,7H2,1H3. The number of para-hydroxylation sites is 1. The quantitative estimate of drug-likeness (QED) is 0.658. The third kappa shape index (κ3) is 1.64. The molecule has 0 saturated heterocycles. The average Bonchev–Trinajstić information content (AvgIpc) is 2.18. The number of benzene rings is 1. The number of aliphatic imine (C=N–C) groups is 1. The summed E-state index contributed by atoms with van der Waals surface area (Å²) in [5.41, 5.74) is 2.04. The lowest BCUT2D eigenvalue weighted by atomic mass is 10.2. The summed E-state index contributed by atoms with van der Waals surface area (Å²) in [7, 11) is 0. The molecule has 0 amide bonds. The van der Waals surface area contributed by atoms with E-state index in [1.165, 1.54) is 0 Å². The van der Waals surface area contributed by atoms with Crippen LogP contribution in [0.5, 0.6) is 0 Å². The maximum Gasteiger partial charge on any atom is 0.389 e. The van der Waals surface area contributed by atoms with Gasteiger partial charge in [0.1, 0.15) is 6.61 Å². The van der Waals surface area contributed by atoms with Crippen LogP contribution in [-0.2, 0) is 16.1 Å². The number of nitrogens with zero attached hydrogens (tertiary/aromatic N) is 1. The van der Waals surface area contributed by atoms with Gasteiger partial charge in [-0.05, 0) is 13.0 Å². The monoisotopic (exact) mass is 177 g/mol. The molecule has 3 nitrogen and oxygen atoms in total. The Morgan fingerprint density at radius 1 is 1.46 bits per heavy atom. The Morgan fingerprint density at radius 3 is 3.15 bits per heavy atom. The lowest BCUT2D eigenvalue weighted by molar-refractivity contribution is 0.161. The van der Waals surface area contributed by atoms with Crippen LogP contribution < -0.4 is 0 Å². The second-order valence-corrected chi connectivity index (χ2v) is 2.73. The molecule has 1 aliphatic rings. The fourth-order valence-corrected chi connectivity index (χ4v) is 1.21. The second kappa shape index (κ2) is 3.47. The molecule has 0 N–H and O–H groups in total. The number of ether oxygens (including phenoxy) is 2. The normalized spacial score (nSPS) is 14.1. The summed E-state index contributed by atoms with van der Waals surface area (Å²) in [5, 5.41) is 0. The van der Waals surface area contributed by atoms with Gasteiger partial charge in [-0.15, -0.1) is 0 Å². The van der Waals surface area contributed by atoms with Crippen molar-refractivity contribution < 1.29 is 9.47 Å². The van der Waals surface area contributed by atoms with Crippen LogP contribution in [-0.4, -0.2) is 12.7 Å². The van der Waals surface area contributed by atoms with Gasteiger partial charge in [0.05, 0.1) is 12.3 Å². The highest BCUT2D eigenvalue weighted by molar-refractivity contribution is 5.74. The van der Waals surface area contributed by atoms with E-state index in [0.717, 1.165) is 11.3 Å². The van der Waals surface area contributed by atoms with Crippen molar-refractivity contribution in [2.24, 2.45) is 4.99 Å². The molecule has 13 heavy (non-hydrogen) atoms. The zero-order chi connectivity index (χ0) is 9.10. The Kier molecular flexibility index (Phi) is 2.17. The first kappa shape index (κ1) is 8.10. The van der Waals surface area contributed by atoms with Crippen LogP contribution in [0.25, 0.3) is 0 Å². The zero-order valence-corrected chi connectivity index (χ0v) is 7.49. The van der Waals surface area contributed by atoms with Crippen molar-refractivity contribution >= 4 is 11.8 Å². The van der Waals surface area contributed by atoms with Gasteiger partial charge in [-0.3, -0.25) is 0 Å². The molecule has 1 aliphatic heterocycles. The molecule has 2 rings (SSSR count). The summed E-state index contributed by atoms with van der Waals surface area (Å²) < 4.78 is 10.4. The van der Waals surface area contributed by atoms with Gasteiger partial charge in [0, 0.05) is 5.56 Å². The predicted molar refractivity (Wildman–Crippen MR) is 50.0 cm³/mol. The molecule has 0 atom stereocenters. The van der Waals surface area contributed by atoms with Crippen LogP contribution in [0.3, 0.4) is 0 Å². The highest BCUT2D eigenvalue weighted by Gasteiger charge is 2.12. The molecule has 0 bridgehead atoms. The largest absolute Gasteiger partial charge is 0.451 e. The van der Waals surface area contributed by atoms with E-state index in [0.29, 0.717) is 19.3 Å². The van der Waals surface area contributed by atoms with E-state index in [1.807, 2.05) is 31.2 Å². The van der Waals surface area contributed by atoms with Gasteiger partial charge in [-0.1, -0.05) is 18.2 Å². The van der Waals surface area contributed by atoms with Gasteiger partial charge in [0.15, 0.2) is 0 Å². The van der Waals surface area contributed by atoms with Gasteiger partial charge in [-0.2, -0.15) is 4.99 Å². The van der Waals surface area contributed by atoms with Crippen molar-refractivity contribution in [1.82, 2.24) is 0 Å². The lowest BCUT2D eigenvalue weighted by Gasteiger charge is -2.15. The minimum absolute atomic E-state index is 0.376. The maximum absolute atomic E-state index is 5.27. The van der Waals surface area contributed by atoms with Crippen LogP contribution in [0.15, 0.2) is 29.3 Å². The van der Waals surface area contributed by atoms with Gasteiger partial charge in [-0.25, -0.2) is 0 Å². The number of hydrogen-bond acceptors (Lipinski definition) is 3. The first-order valence-corrected chi connectivity index (χ1v) is 4.32. The zero-order valence-electron chi connectivity index (χ0n) is 7.49. The molecule has 1 aromatic rings. The first-order chi connectivity index (χ1) is 6.40. The van der Waals surface area contributed by atoms with Crippen molar-refractivity contribution in [1.29, 1.82) is 0 Å². The fourth-order valence-electron chi connectivity index (χ4n) is 1.21. The van der Waals surface area contributed by atoms with Crippen molar-refractivity contribution in [2.45, 2.75) is 13.5 Å². The molecule has 0 radical (unpaired) electrons. The molecule has 1 aromatic carbocycles. The van der Waals surface area contributed by atoms with Crippen LogP contribution in [0.2, 0.25) is 0 Å². The van der Waals surface area contributed by atoms with E-state index in [4.69, 9.17) is 9.47 Å². The smallest absolute Gasteiger partial charge is 0.389 e. The lowest BCUT2D eigenvalue weighted by Crippen LogP contribution is -2.12. The molecular weight excluding hydrogens is 166 g/mol. The van der Waals surface area contributed by atoms with Gasteiger partial charge in [0.2, 0.25) is 0 Å². The number of fused-ring (bicyclic) bond motifs is 1. The molecule has 0 aliphatic carbocycles. The summed E-state index contributed by atoms with van der Waals surface area (Å²) in [4.78, 5) is 4.21. The highest BCUT2D eigenvalue weighted by Crippen LogP contribution is 2.23. The summed E-state index contributed by atoms with van der Waals surface area (Å²) >= 11 is 0. The predicted octanol–water partition coefficient (Wildman–Crippen LogP) is 2.24. The maximum atomic E-state index is 5.27. The summed E-state index contributed by atoms with van der Waals surface area (Å²) in [5.74, 6) is 0. The molecular formula is C10H11NO2. The minimum Gasteiger partial charge on any atom is -0.451 e. The topological polar surface area (TPSA) is 30.8 Å². The molecule has 0 saturated carbocycles. The number of rotatable bonds is 1. The minimum atomic E-state index is 0.376. The Bertz CT molecular complexity index is 333. The molecule has 1 heterocycles. The Balaban J connectivity index is 2.28. The Labute approximate surface area is 77.0 Å². The average molecular weight is 177 g/mol. The molecule has 68 valence electrons. The first-order valence-electron chi connectivity index (χ1n) is 4.32. The van der Waals surface area contributed by atoms with E-state index < -0.39 is 0 Å². The van der Waals surface area contributed by atoms with Crippen LogP contribution in [0, 0.1) is 0 Å². The van der Waals surface area contributed by atoms with E-state index >= 15 is 0 Å². The Hall–Kier alpha value is -1.51. The molecule has 0 spiro atoms. The van der Waals surface area contributed by atoms with Crippen molar-refractivity contribution in [3.05, 3.63) is 29.8 Å². The fraction of sp³-hybridized carbons (Fsp3) is 0.300. The second-order valence-electron chi connectivity index (χ2n) is 2.73. The van der Waals surface area contributed by atoms with Crippen molar-refractivity contribution in [2.75, 3.05) is 6.61 Å². The van der Waals surface area contributed by atoms with Gasteiger partial charge < -0.3 is 9.47 Å². The molecule has 3 heteroatoms. The van der Waals surface area contributed by atoms with Crippen LogP contribution in [0.1, 0.15) is 12.5 Å².